The number of rotatable bonds is 5. The van der Waals surface area contributed by atoms with Crippen molar-refractivity contribution in [3.05, 3.63) is 52.1 Å². The lowest BCUT2D eigenvalue weighted by atomic mass is 10.0. The summed E-state index contributed by atoms with van der Waals surface area (Å²) in [4.78, 5) is 12.5. The largest absolute Gasteiger partial charge is 0.383 e. The molecule has 0 amide bonds. The van der Waals surface area contributed by atoms with Crippen LogP contribution in [0.1, 0.15) is 21.6 Å². The van der Waals surface area contributed by atoms with Crippen LogP contribution in [0.15, 0.2) is 24.4 Å². The van der Waals surface area contributed by atoms with Gasteiger partial charge in [-0.25, -0.2) is 4.39 Å². The first-order valence-electron chi connectivity index (χ1n) is 6.05. The molecular formula is C14H14ClFN2O2. The Bertz CT molecular complexity index is 640. The number of halogens is 2. The monoisotopic (exact) mass is 296 g/mol. The van der Waals surface area contributed by atoms with Crippen molar-refractivity contribution in [2.24, 2.45) is 0 Å². The summed E-state index contributed by atoms with van der Waals surface area (Å²) in [6.45, 7) is 2.55. The number of methoxy groups -OCH3 is 1. The Hall–Kier alpha value is -1.72. The third-order valence-corrected chi connectivity index (χ3v) is 3.16. The molecule has 1 aromatic heterocycles. The van der Waals surface area contributed by atoms with E-state index in [1.54, 1.807) is 20.1 Å². The summed E-state index contributed by atoms with van der Waals surface area (Å²) in [7, 11) is 1.55. The minimum Gasteiger partial charge on any atom is -0.383 e. The van der Waals surface area contributed by atoms with Crippen molar-refractivity contribution in [2.75, 3.05) is 13.7 Å². The number of carbonyl (C=O) groups is 1. The Labute approximate surface area is 121 Å². The van der Waals surface area contributed by atoms with Gasteiger partial charge < -0.3 is 4.74 Å². The normalized spacial score (nSPS) is 10.8. The van der Waals surface area contributed by atoms with Gasteiger partial charge in [-0.05, 0) is 19.1 Å². The van der Waals surface area contributed by atoms with E-state index >= 15 is 0 Å². The summed E-state index contributed by atoms with van der Waals surface area (Å²) in [6.07, 6.45) is 1.37. The van der Waals surface area contributed by atoms with Gasteiger partial charge in [0.15, 0.2) is 0 Å². The molecule has 1 heterocycles. The number of hydrogen-bond donors (Lipinski definition) is 0. The molecule has 0 spiro atoms. The van der Waals surface area contributed by atoms with Crippen LogP contribution in [0.2, 0.25) is 5.02 Å². The Balaban J connectivity index is 2.42. The lowest BCUT2D eigenvalue weighted by molar-refractivity contribution is 0.102. The molecule has 0 radical (unpaired) electrons. The second-order valence-electron chi connectivity index (χ2n) is 4.37. The quantitative estimate of drug-likeness (QED) is 0.797. The Kier molecular flexibility index (Phi) is 4.52. The van der Waals surface area contributed by atoms with Gasteiger partial charge in [0.05, 0.1) is 29.9 Å². The lowest BCUT2D eigenvalue weighted by Gasteiger charge is -2.08. The van der Waals surface area contributed by atoms with Crippen LogP contribution in [0.4, 0.5) is 4.39 Å². The fourth-order valence-corrected chi connectivity index (χ4v) is 2.10. The minimum absolute atomic E-state index is 0.00827. The summed E-state index contributed by atoms with van der Waals surface area (Å²) in [5, 5.41) is 4.21. The molecule has 0 aliphatic rings. The van der Waals surface area contributed by atoms with E-state index in [1.807, 2.05) is 0 Å². The molecule has 106 valence electrons. The van der Waals surface area contributed by atoms with Crippen LogP contribution in [0.25, 0.3) is 0 Å². The van der Waals surface area contributed by atoms with Crippen molar-refractivity contribution in [3.63, 3.8) is 0 Å². The van der Waals surface area contributed by atoms with E-state index < -0.39 is 11.6 Å². The van der Waals surface area contributed by atoms with Gasteiger partial charge in [0.25, 0.3) is 0 Å². The number of nitrogens with zero attached hydrogens (tertiary/aromatic N) is 2. The van der Waals surface area contributed by atoms with E-state index in [1.165, 1.54) is 23.0 Å². The van der Waals surface area contributed by atoms with Crippen molar-refractivity contribution in [2.45, 2.75) is 13.5 Å². The highest BCUT2D eigenvalue weighted by Crippen LogP contribution is 2.21. The second-order valence-corrected chi connectivity index (χ2v) is 4.78. The zero-order valence-electron chi connectivity index (χ0n) is 11.2. The van der Waals surface area contributed by atoms with E-state index in [4.69, 9.17) is 16.3 Å². The predicted molar refractivity (Wildman–Crippen MR) is 73.7 cm³/mol. The highest BCUT2D eigenvalue weighted by atomic mass is 35.5. The van der Waals surface area contributed by atoms with Crippen LogP contribution in [0.5, 0.6) is 0 Å². The summed E-state index contributed by atoms with van der Waals surface area (Å²) in [5.41, 5.74) is 0.966. The second kappa shape index (κ2) is 6.15. The molecule has 0 bridgehead atoms. The number of aromatic nitrogens is 2. The van der Waals surface area contributed by atoms with Crippen LogP contribution in [0.3, 0.4) is 0 Å². The molecule has 4 nitrogen and oxygen atoms in total. The molecule has 0 unspecified atom stereocenters. The molecule has 0 saturated heterocycles. The van der Waals surface area contributed by atoms with Gasteiger partial charge >= 0.3 is 0 Å². The summed E-state index contributed by atoms with van der Waals surface area (Å²) in [5.74, 6) is -1.05. The van der Waals surface area contributed by atoms with Gasteiger partial charge in [0, 0.05) is 7.11 Å². The van der Waals surface area contributed by atoms with Crippen molar-refractivity contribution in [1.82, 2.24) is 9.78 Å². The lowest BCUT2D eigenvalue weighted by Crippen LogP contribution is -2.15. The number of hydrogen-bond acceptors (Lipinski definition) is 3. The summed E-state index contributed by atoms with van der Waals surface area (Å²) in [6, 6.07) is 4.38. The van der Waals surface area contributed by atoms with Gasteiger partial charge in [0.1, 0.15) is 11.5 Å². The molecule has 1 aromatic carbocycles. The molecule has 0 aliphatic heterocycles. The minimum atomic E-state index is -0.573. The molecule has 0 atom stereocenters. The van der Waals surface area contributed by atoms with E-state index in [0.29, 0.717) is 13.2 Å². The summed E-state index contributed by atoms with van der Waals surface area (Å²) >= 11 is 5.99. The van der Waals surface area contributed by atoms with Crippen LogP contribution in [0, 0.1) is 12.7 Å². The van der Waals surface area contributed by atoms with Gasteiger partial charge in [-0.15, -0.1) is 0 Å². The number of ketones is 1. The Morgan fingerprint density at radius 1 is 1.50 bits per heavy atom. The van der Waals surface area contributed by atoms with Gasteiger partial charge in [0.2, 0.25) is 5.78 Å². The van der Waals surface area contributed by atoms with Gasteiger partial charge in [-0.2, -0.15) is 5.10 Å². The van der Waals surface area contributed by atoms with Crippen LogP contribution < -0.4 is 0 Å². The molecule has 2 aromatic rings. The van der Waals surface area contributed by atoms with Gasteiger partial charge in [-0.3, -0.25) is 9.48 Å². The van der Waals surface area contributed by atoms with E-state index in [0.717, 1.165) is 5.56 Å². The highest BCUT2D eigenvalue weighted by Gasteiger charge is 2.22. The molecule has 0 fully saturated rings. The average molecular weight is 297 g/mol. The predicted octanol–water partition coefficient (Wildman–Crippen LogP) is 2.86. The number of carbonyl (C=O) groups excluding carboxylic acids is 1. The first kappa shape index (κ1) is 14.7. The maximum Gasteiger partial charge on any atom is 0.215 e. The van der Waals surface area contributed by atoms with Crippen molar-refractivity contribution in [1.29, 1.82) is 0 Å². The van der Waals surface area contributed by atoms with E-state index in [-0.39, 0.29) is 16.3 Å². The molecule has 20 heavy (non-hydrogen) atoms. The van der Waals surface area contributed by atoms with Crippen LogP contribution in [-0.2, 0) is 11.3 Å². The molecular weight excluding hydrogens is 283 g/mol. The molecule has 6 heteroatoms. The third kappa shape index (κ3) is 2.89. The number of ether oxygens (including phenoxy) is 1. The maximum atomic E-state index is 13.8. The van der Waals surface area contributed by atoms with Gasteiger partial charge in [-0.1, -0.05) is 23.2 Å². The van der Waals surface area contributed by atoms with E-state index in [2.05, 4.69) is 5.10 Å². The fraction of sp³-hybridized carbons (Fsp3) is 0.286. The fourth-order valence-electron chi connectivity index (χ4n) is 1.88. The average Bonchev–Trinajstić information content (AvgIpc) is 2.79. The topological polar surface area (TPSA) is 44.1 Å². The Morgan fingerprint density at radius 3 is 2.95 bits per heavy atom. The SMILES string of the molecule is COCCn1ncc(Cl)c1C(=O)c1cc(C)ccc1F. The highest BCUT2D eigenvalue weighted by molar-refractivity contribution is 6.34. The molecule has 0 aliphatic carbocycles. The number of aryl methyl sites for hydroxylation is 1. The van der Waals surface area contributed by atoms with Crippen molar-refractivity contribution in [3.8, 4) is 0 Å². The molecule has 2 rings (SSSR count). The molecule has 0 saturated carbocycles. The smallest absolute Gasteiger partial charge is 0.215 e. The number of benzene rings is 1. The Morgan fingerprint density at radius 2 is 2.25 bits per heavy atom. The van der Waals surface area contributed by atoms with Crippen molar-refractivity contribution >= 4 is 17.4 Å². The van der Waals surface area contributed by atoms with Crippen molar-refractivity contribution < 1.29 is 13.9 Å². The maximum absolute atomic E-state index is 13.8. The molecule has 0 N–H and O–H groups in total. The zero-order valence-corrected chi connectivity index (χ0v) is 11.9. The first-order valence-corrected chi connectivity index (χ1v) is 6.43. The van der Waals surface area contributed by atoms with Crippen LogP contribution >= 0.6 is 11.6 Å². The first-order chi connectivity index (χ1) is 9.54. The standard InChI is InChI=1S/C14H14ClFN2O2/c1-9-3-4-12(16)10(7-9)14(19)13-11(15)8-17-18(13)5-6-20-2/h3-4,7-8H,5-6H2,1-2H3. The van der Waals surface area contributed by atoms with E-state index in [9.17, 15) is 9.18 Å². The summed E-state index contributed by atoms with van der Waals surface area (Å²) < 4.78 is 20.2. The zero-order chi connectivity index (χ0) is 14.7. The van der Waals surface area contributed by atoms with Crippen LogP contribution in [-0.4, -0.2) is 29.3 Å². The third-order valence-electron chi connectivity index (χ3n) is 2.88.